The fourth-order valence-corrected chi connectivity index (χ4v) is 2.30. The Labute approximate surface area is 156 Å². The molecule has 0 unspecified atom stereocenters. The number of nitrogens with one attached hydrogen (secondary N) is 4. The molecule has 0 saturated heterocycles. The van der Waals surface area contributed by atoms with E-state index in [1.54, 1.807) is 37.3 Å². The number of halogens is 1. The standard InChI is InChI=1S/C19H21FN4O3/c1-12-16(23-13(2)25)4-3-5-17(12)24-18(26)11-22-19(27)21-10-14-6-8-15(20)9-7-14/h3-9H,10-11H2,1-2H3,(H,23,25)(H,24,26)(H2,21,22,27). The Kier molecular flexibility index (Phi) is 6.87. The van der Waals surface area contributed by atoms with Crippen molar-refractivity contribution in [3.8, 4) is 0 Å². The molecule has 0 aliphatic rings. The van der Waals surface area contributed by atoms with Gasteiger partial charge in [-0.25, -0.2) is 9.18 Å². The SMILES string of the molecule is CC(=O)Nc1cccc(NC(=O)CNC(=O)NCc2ccc(F)cc2)c1C. The van der Waals surface area contributed by atoms with E-state index in [9.17, 15) is 18.8 Å². The summed E-state index contributed by atoms with van der Waals surface area (Å²) in [4.78, 5) is 35.0. The van der Waals surface area contributed by atoms with Gasteiger partial charge in [-0.15, -0.1) is 0 Å². The lowest BCUT2D eigenvalue weighted by Crippen LogP contribution is -2.39. The van der Waals surface area contributed by atoms with Crippen molar-refractivity contribution in [2.75, 3.05) is 17.2 Å². The summed E-state index contributed by atoms with van der Waals surface area (Å²) in [6, 6.07) is 10.4. The Hall–Kier alpha value is -3.42. The zero-order chi connectivity index (χ0) is 19.8. The fourth-order valence-electron chi connectivity index (χ4n) is 2.30. The summed E-state index contributed by atoms with van der Waals surface area (Å²) in [6.45, 7) is 3.16. The maximum atomic E-state index is 12.8. The molecule has 0 aliphatic carbocycles. The maximum Gasteiger partial charge on any atom is 0.315 e. The molecule has 2 aromatic rings. The number of anilines is 2. The van der Waals surface area contributed by atoms with E-state index < -0.39 is 11.9 Å². The summed E-state index contributed by atoms with van der Waals surface area (Å²) >= 11 is 0. The third kappa shape index (κ3) is 6.43. The summed E-state index contributed by atoms with van der Waals surface area (Å²) in [6.07, 6.45) is 0. The molecule has 0 spiro atoms. The van der Waals surface area contributed by atoms with Crippen molar-refractivity contribution in [1.82, 2.24) is 10.6 Å². The Morgan fingerprint density at radius 1 is 0.926 bits per heavy atom. The van der Waals surface area contributed by atoms with Crippen molar-refractivity contribution in [1.29, 1.82) is 0 Å². The average Bonchev–Trinajstić information content (AvgIpc) is 2.62. The number of carbonyl (C=O) groups excluding carboxylic acids is 3. The molecule has 0 heterocycles. The number of hydrogen-bond donors (Lipinski definition) is 4. The van der Waals surface area contributed by atoms with Crippen LogP contribution in [0.1, 0.15) is 18.1 Å². The van der Waals surface area contributed by atoms with Gasteiger partial charge < -0.3 is 21.3 Å². The maximum absolute atomic E-state index is 12.8. The van der Waals surface area contributed by atoms with Crippen molar-refractivity contribution in [2.24, 2.45) is 0 Å². The minimum Gasteiger partial charge on any atom is -0.334 e. The number of rotatable bonds is 6. The number of urea groups is 1. The molecular weight excluding hydrogens is 351 g/mol. The summed E-state index contributed by atoms with van der Waals surface area (Å²) < 4.78 is 12.8. The fraction of sp³-hybridized carbons (Fsp3) is 0.211. The second-order valence-corrected chi connectivity index (χ2v) is 5.87. The Balaban J connectivity index is 1.81. The number of carbonyl (C=O) groups is 3. The van der Waals surface area contributed by atoms with Gasteiger partial charge >= 0.3 is 6.03 Å². The van der Waals surface area contributed by atoms with Gasteiger partial charge in [-0.3, -0.25) is 9.59 Å². The van der Waals surface area contributed by atoms with Gasteiger partial charge in [0.15, 0.2) is 0 Å². The molecule has 0 saturated carbocycles. The zero-order valence-electron chi connectivity index (χ0n) is 15.1. The van der Waals surface area contributed by atoms with Crippen molar-refractivity contribution in [3.63, 3.8) is 0 Å². The number of benzene rings is 2. The molecular formula is C19H21FN4O3. The first kappa shape index (κ1) is 19.9. The van der Waals surface area contributed by atoms with Gasteiger partial charge in [0.2, 0.25) is 11.8 Å². The minimum absolute atomic E-state index is 0.207. The lowest BCUT2D eigenvalue weighted by Gasteiger charge is -2.13. The monoisotopic (exact) mass is 372 g/mol. The Morgan fingerprint density at radius 3 is 2.19 bits per heavy atom. The highest BCUT2D eigenvalue weighted by atomic mass is 19.1. The smallest absolute Gasteiger partial charge is 0.315 e. The highest BCUT2D eigenvalue weighted by molar-refractivity contribution is 5.97. The number of hydrogen-bond acceptors (Lipinski definition) is 3. The van der Waals surface area contributed by atoms with E-state index in [0.29, 0.717) is 16.9 Å². The van der Waals surface area contributed by atoms with E-state index >= 15 is 0 Å². The van der Waals surface area contributed by atoms with Crippen LogP contribution in [0.25, 0.3) is 0 Å². The first-order chi connectivity index (χ1) is 12.8. The van der Waals surface area contributed by atoms with E-state index in [1.165, 1.54) is 19.1 Å². The van der Waals surface area contributed by atoms with Crippen LogP contribution < -0.4 is 21.3 Å². The van der Waals surface area contributed by atoms with Crippen LogP contribution in [0.2, 0.25) is 0 Å². The second kappa shape index (κ2) is 9.33. The van der Waals surface area contributed by atoms with E-state index in [4.69, 9.17) is 0 Å². The topological polar surface area (TPSA) is 99.3 Å². The highest BCUT2D eigenvalue weighted by Gasteiger charge is 2.10. The van der Waals surface area contributed by atoms with E-state index in [-0.39, 0.29) is 24.8 Å². The van der Waals surface area contributed by atoms with Crippen LogP contribution in [0.15, 0.2) is 42.5 Å². The molecule has 4 N–H and O–H groups in total. The largest absolute Gasteiger partial charge is 0.334 e. The quantitative estimate of drug-likeness (QED) is 0.627. The molecule has 142 valence electrons. The lowest BCUT2D eigenvalue weighted by molar-refractivity contribution is -0.115. The van der Waals surface area contributed by atoms with Crippen LogP contribution in [-0.4, -0.2) is 24.4 Å². The summed E-state index contributed by atoms with van der Waals surface area (Å²) in [7, 11) is 0. The first-order valence-corrected chi connectivity index (χ1v) is 8.28. The molecule has 0 bridgehead atoms. The molecule has 27 heavy (non-hydrogen) atoms. The average molecular weight is 372 g/mol. The molecule has 0 aliphatic heterocycles. The molecule has 0 fully saturated rings. The van der Waals surface area contributed by atoms with Crippen molar-refractivity contribution >= 4 is 29.2 Å². The van der Waals surface area contributed by atoms with Gasteiger partial charge in [-0.05, 0) is 42.3 Å². The predicted molar refractivity (Wildman–Crippen MR) is 101 cm³/mol. The molecule has 0 radical (unpaired) electrons. The van der Waals surface area contributed by atoms with Crippen molar-refractivity contribution < 1.29 is 18.8 Å². The van der Waals surface area contributed by atoms with Crippen LogP contribution >= 0.6 is 0 Å². The van der Waals surface area contributed by atoms with Crippen LogP contribution in [0, 0.1) is 12.7 Å². The lowest BCUT2D eigenvalue weighted by atomic mass is 10.1. The molecule has 2 rings (SSSR count). The molecule has 8 heteroatoms. The molecule has 0 atom stereocenters. The van der Waals surface area contributed by atoms with Crippen LogP contribution in [0.5, 0.6) is 0 Å². The summed E-state index contributed by atoms with van der Waals surface area (Å²) in [5.41, 5.74) is 2.59. The van der Waals surface area contributed by atoms with E-state index in [1.807, 2.05) is 0 Å². The Morgan fingerprint density at radius 2 is 1.56 bits per heavy atom. The van der Waals surface area contributed by atoms with Crippen LogP contribution in [0.3, 0.4) is 0 Å². The number of amides is 4. The van der Waals surface area contributed by atoms with Gasteiger partial charge in [0, 0.05) is 24.8 Å². The molecule has 7 nitrogen and oxygen atoms in total. The van der Waals surface area contributed by atoms with Gasteiger partial charge in [0.25, 0.3) is 0 Å². The van der Waals surface area contributed by atoms with Crippen molar-refractivity contribution in [3.05, 3.63) is 59.4 Å². The summed E-state index contributed by atoms with van der Waals surface area (Å²) in [5.74, 6) is -0.964. The zero-order valence-corrected chi connectivity index (χ0v) is 15.1. The molecule has 4 amide bonds. The normalized spacial score (nSPS) is 10.0. The Bertz CT molecular complexity index is 837. The van der Waals surface area contributed by atoms with Crippen LogP contribution in [-0.2, 0) is 16.1 Å². The van der Waals surface area contributed by atoms with Gasteiger partial charge in [-0.1, -0.05) is 18.2 Å². The minimum atomic E-state index is -0.516. The predicted octanol–water partition coefficient (Wildman–Crippen LogP) is 2.53. The van der Waals surface area contributed by atoms with Crippen LogP contribution in [0.4, 0.5) is 20.6 Å². The van der Waals surface area contributed by atoms with Gasteiger partial charge in [-0.2, -0.15) is 0 Å². The third-order valence-electron chi connectivity index (χ3n) is 3.69. The first-order valence-electron chi connectivity index (χ1n) is 8.28. The van der Waals surface area contributed by atoms with Gasteiger partial charge in [0.05, 0.1) is 6.54 Å². The summed E-state index contributed by atoms with van der Waals surface area (Å²) in [5, 5.41) is 10.4. The van der Waals surface area contributed by atoms with Crippen molar-refractivity contribution in [2.45, 2.75) is 20.4 Å². The van der Waals surface area contributed by atoms with E-state index in [2.05, 4.69) is 21.3 Å². The van der Waals surface area contributed by atoms with Gasteiger partial charge in [0.1, 0.15) is 5.82 Å². The second-order valence-electron chi connectivity index (χ2n) is 5.87. The highest BCUT2D eigenvalue weighted by Crippen LogP contribution is 2.23. The van der Waals surface area contributed by atoms with E-state index in [0.717, 1.165) is 5.56 Å². The third-order valence-corrected chi connectivity index (χ3v) is 3.69. The molecule has 0 aromatic heterocycles. The molecule has 2 aromatic carbocycles.